The monoisotopic (exact) mass is 336 g/mol. The summed E-state index contributed by atoms with van der Waals surface area (Å²) in [6.45, 7) is 10.8. The number of hydrogen-bond acceptors (Lipinski definition) is 4. The fourth-order valence-corrected chi connectivity index (χ4v) is 2.72. The summed E-state index contributed by atoms with van der Waals surface area (Å²) in [5.41, 5.74) is 0. The topological polar surface area (TPSA) is 46.9 Å². The summed E-state index contributed by atoms with van der Waals surface area (Å²) >= 11 is 0. The molecule has 2 aliphatic heterocycles. The van der Waals surface area contributed by atoms with Crippen LogP contribution in [0.2, 0.25) is 0 Å². The number of halogens is 1. The van der Waals surface area contributed by atoms with Gasteiger partial charge < -0.3 is 20.0 Å². The van der Waals surface area contributed by atoms with E-state index in [0.717, 1.165) is 13.0 Å². The Morgan fingerprint density at radius 1 is 1.00 bits per heavy atom. The van der Waals surface area contributed by atoms with E-state index in [1.54, 1.807) is 0 Å². The lowest BCUT2D eigenvalue weighted by Gasteiger charge is -2.31. The van der Waals surface area contributed by atoms with Crippen molar-refractivity contribution in [2.45, 2.75) is 78.1 Å². The van der Waals surface area contributed by atoms with Crippen LogP contribution in [0.3, 0.4) is 0 Å². The average molecular weight is 337 g/mol. The van der Waals surface area contributed by atoms with Gasteiger partial charge in [-0.25, -0.2) is 4.39 Å². The van der Waals surface area contributed by atoms with Gasteiger partial charge in [0.1, 0.15) is 6.17 Å². The molecule has 0 bridgehead atoms. The molecular weight excluding hydrogens is 295 g/mol. The number of hydrogen-bond donors (Lipinski definition) is 2. The lowest BCUT2D eigenvalue weighted by Crippen LogP contribution is -2.42. The molecule has 0 aromatic rings. The third-order valence-electron chi connectivity index (χ3n) is 4.09. The zero-order chi connectivity index (χ0) is 18.3. The maximum atomic E-state index is 12.5. The highest BCUT2D eigenvalue weighted by atomic mass is 19.1. The van der Waals surface area contributed by atoms with Crippen LogP contribution in [0.5, 0.6) is 0 Å². The zero-order valence-corrected chi connectivity index (χ0v) is 16.3. The Kier molecular flexibility index (Phi) is 18.1. The van der Waals surface area contributed by atoms with Gasteiger partial charge in [0.05, 0.1) is 6.10 Å². The van der Waals surface area contributed by atoms with E-state index in [9.17, 15) is 4.39 Å². The van der Waals surface area contributed by atoms with Gasteiger partial charge in [0.2, 0.25) is 0 Å². The number of aliphatic hydroxyl groups excluding tert-OH is 2. The summed E-state index contributed by atoms with van der Waals surface area (Å²) in [5.74, 6) is 0. The molecule has 0 aromatic heterocycles. The van der Waals surface area contributed by atoms with Gasteiger partial charge in [0.15, 0.2) is 0 Å². The molecule has 0 aliphatic carbocycles. The molecule has 2 rings (SSSR count). The lowest BCUT2D eigenvalue weighted by molar-refractivity contribution is 0.0126. The van der Waals surface area contributed by atoms with Crippen molar-refractivity contribution in [3.8, 4) is 0 Å². The first-order valence-electron chi connectivity index (χ1n) is 9.36. The molecule has 23 heavy (non-hydrogen) atoms. The molecule has 5 heteroatoms. The van der Waals surface area contributed by atoms with Crippen LogP contribution in [0.25, 0.3) is 0 Å². The molecule has 0 aromatic carbocycles. The Bertz CT molecular complexity index is 243. The Hall–Kier alpha value is -0.230. The van der Waals surface area contributed by atoms with Gasteiger partial charge in [0, 0.05) is 25.7 Å². The van der Waals surface area contributed by atoms with Crippen LogP contribution < -0.4 is 0 Å². The molecule has 4 nitrogen and oxygen atoms in total. The molecule has 0 amide bonds. The summed E-state index contributed by atoms with van der Waals surface area (Å²) < 4.78 is 12.5. The molecule has 2 heterocycles. The quantitative estimate of drug-likeness (QED) is 0.814. The molecule has 2 aliphatic rings. The van der Waals surface area contributed by atoms with E-state index in [0.29, 0.717) is 25.6 Å². The highest BCUT2D eigenvalue weighted by molar-refractivity contribution is 4.77. The SMILES string of the molecule is CC.CC.CN1CCC(F)C(O)C1.CN1CCCCC1CCO. The molecular formula is C18H41FN2O2. The van der Waals surface area contributed by atoms with Crippen LogP contribution in [0.4, 0.5) is 4.39 Å². The normalized spacial score (nSPS) is 28.3. The van der Waals surface area contributed by atoms with Gasteiger partial charge in [-0.15, -0.1) is 0 Å². The largest absolute Gasteiger partial charge is 0.396 e. The number of alkyl halides is 1. The molecule has 2 N–H and O–H groups in total. The molecule has 2 fully saturated rings. The number of likely N-dealkylation sites (tertiary alicyclic amines) is 2. The summed E-state index contributed by atoms with van der Waals surface area (Å²) in [6.07, 6.45) is 3.61. The van der Waals surface area contributed by atoms with E-state index in [-0.39, 0.29) is 0 Å². The zero-order valence-electron chi connectivity index (χ0n) is 16.3. The summed E-state index contributed by atoms with van der Waals surface area (Å²) in [4.78, 5) is 4.29. The lowest BCUT2D eigenvalue weighted by atomic mass is 10.0. The Morgan fingerprint density at radius 3 is 2.04 bits per heavy atom. The van der Waals surface area contributed by atoms with Crippen molar-refractivity contribution in [1.82, 2.24) is 9.80 Å². The van der Waals surface area contributed by atoms with Crippen molar-refractivity contribution in [3.63, 3.8) is 0 Å². The molecule has 0 radical (unpaired) electrons. The van der Waals surface area contributed by atoms with Crippen LogP contribution in [0.1, 0.15) is 59.8 Å². The summed E-state index contributed by atoms with van der Waals surface area (Å²) in [6, 6.07) is 0.652. The first-order chi connectivity index (χ1) is 11.0. The third-order valence-corrected chi connectivity index (χ3v) is 4.09. The number of aliphatic hydroxyl groups is 2. The second-order valence-electron chi connectivity index (χ2n) is 5.78. The minimum Gasteiger partial charge on any atom is -0.396 e. The average Bonchev–Trinajstić information content (AvgIpc) is 2.58. The van der Waals surface area contributed by atoms with Gasteiger partial charge in [-0.1, -0.05) is 34.1 Å². The molecule has 142 valence electrons. The van der Waals surface area contributed by atoms with E-state index in [2.05, 4.69) is 11.9 Å². The Morgan fingerprint density at radius 2 is 1.61 bits per heavy atom. The fraction of sp³-hybridized carbons (Fsp3) is 1.00. The fourth-order valence-electron chi connectivity index (χ4n) is 2.72. The number of piperidine rings is 2. The predicted molar refractivity (Wildman–Crippen MR) is 97.7 cm³/mol. The molecule has 3 atom stereocenters. The van der Waals surface area contributed by atoms with Crippen molar-refractivity contribution in [3.05, 3.63) is 0 Å². The van der Waals surface area contributed by atoms with E-state index >= 15 is 0 Å². The van der Waals surface area contributed by atoms with Crippen LogP contribution in [-0.2, 0) is 0 Å². The highest BCUT2D eigenvalue weighted by Gasteiger charge is 2.24. The van der Waals surface area contributed by atoms with Crippen molar-refractivity contribution in [1.29, 1.82) is 0 Å². The summed E-state index contributed by atoms with van der Waals surface area (Å²) in [5, 5.41) is 17.6. The van der Waals surface area contributed by atoms with Crippen molar-refractivity contribution in [2.75, 3.05) is 40.3 Å². The minimum absolute atomic E-state index is 0.342. The van der Waals surface area contributed by atoms with Gasteiger partial charge in [-0.05, 0) is 46.3 Å². The minimum atomic E-state index is -0.999. The second-order valence-corrected chi connectivity index (χ2v) is 5.78. The molecule has 3 unspecified atom stereocenters. The Labute approximate surface area is 143 Å². The van der Waals surface area contributed by atoms with Crippen molar-refractivity contribution < 1.29 is 14.6 Å². The molecule has 2 saturated heterocycles. The number of β-amino-alcohol motifs (C(OH)–C–C–N with tert-alkyl or cyclic N) is 1. The van der Waals surface area contributed by atoms with E-state index in [1.807, 2.05) is 39.6 Å². The maximum absolute atomic E-state index is 12.5. The van der Waals surface area contributed by atoms with Crippen LogP contribution in [0, 0.1) is 0 Å². The van der Waals surface area contributed by atoms with Gasteiger partial charge in [-0.2, -0.15) is 0 Å². The van der Waals surface area contributed by atoms with Crippen molar-refractivity contribution in [2.24, 2.45) is 0 Å². The smallest absolute Gasteiger partial charge is 0.128 e. The first kappa shape index (κ1) is 25.0. The van der Waals surface area contributed by atoms with E-state index in [1.165, 1.54) is 25.8 Å². The van der Waals surface area contributed by atoms with Crippen molar-refractivity contribution >= 4 is 0 Å². The molecule has 0 saturated carbocycles. The van der Waals surface area contributed by atoms with Gasteiger partial charge in [-0.3, -0.25) is 0 Å². The summed E-state index contributed by atoms with van der Waals surface area (Å²) in [7, 11) is 4.04. The van der Waals surface area contributed by atoms with Gasteiger partial charge >= 0.3 is 0 Å². The number of nitrogens with zero attached hydrogens (tertiary/aromatic N) is 2. The number of rotatable bonds is 2. The van der Waals surface area contributed by atoms with Crippen LogP contribution in [0.15, 0.2) is 0 Å². The van der Waals surface area contributed by atoms with Gasteiger partial charge in [0.25, 0.3) is 0 Å². The van der Waals surface area contributed by atoms with E-state index in [4.69, 9.17) is 10.2 Å². The number of likely N-dealkylation sites (N-methyl/N-ethyl adjacent to an activating group) is 1. The Balaban J connectivity index is 0. The second kappa shape index (κ2) is 16.6. The highest BCUT2D eigenvalue weighted by Crippen LogP contribution is 2.16. The maximum Gasteiger partial charge on any atom is 0.128 e. The predicted octanol–water partition coefficient (Wildman–Crippen LogP) is 2.93. The first-order valence-corrected chi connectivity index (χ1v) is 9.36. The van der Waals surface area contributed by atoms with E-state index < -0.39 is 12.3 Å². The van der Waals surface area contributed by atoms with Crippen LogP contribution >= 0.6 is 0 Å². The molecule has 0 spiro atoms. The standard InChI is InChI=1S/C8H17NO.C6H12FNO.2C2H6/c1-9-6-3-2-4-8(9)5-7-10;1-8-3-2-5(7)6(9)4-8;2*1-2/h8,10H,2-7H2,1H3;5-6,9H,2-4H2,1H3;2*1-2H3. The van der Waals surface area contributed by atoms with Crippen LogP contribution in [-0.4, -0.2) is 78.7 Å². The third kappa shape index (κ3) is 11.9.